The lowest BCUT2D eigenvalue weighted by Gasteiger charge is -2.16. The van der Waals surface area contributed by atoms with Crippen molar-refractivity contribution in [2.24, 2.45) is 5.10 Å². The maximum atomic E-state index is 13.4. The Kier molecular flexibility index (Phi) is 6.32. The Morgan fingerprint density at radius 1 is 1.03 bits per heavy atom. The standard InChI is InChI=1S/C23H17ClF3N3O2/c24-16-5-9-18(10-6-16)28-23(31)30-13-20(14-1-7-17(25)8-2-14)21(29-30)15-3-11-19(12-4-15)32-22(26)27/h1-12,20,22H,13H2,(H,28,31). The minimum Gasteiger partial charge on any atom is -0.435 e. The second-order valence-corrected chi connectivity index (χ2v) is 7.45. The van der Waals surface area contributed by atoms with Crippen molar-refractivity contribution in [1.29, 1.82) is 0 Å². The van der Waals surface area contributed by atoms with Gasteiger partial charge in [0.2, 0.25) is 0 Å². The molecule has 32 heavy (non-hydrogen) atoms. The molecule has 1 aliphatic rings. The van der Waals surface area contributed by atoms with Gasteiger partial charge in [-0.1, -0.05) is 23.7 Å². The second-order valence-electron chi connectivity index (χ2n) is 7.01. The van der Waals surface area contributed by atoms with Crippen LogP contribution in [0.25, 0.3) is 0 Å². The summed E-state index contributed by atoms with van der Waals surface area (Å²) in [6, 6.07) is 18.1. The van der Waals surface area contributed by atoms with Crippen LogP contribution in [0.15, 0.2) is 77.9 Å². The topological polar surface area (TPSA) is 53.9 Å². The zero-order valence-electron chi connectivity index (χ0n) is 16.5. The van der Waals surface area contributed by atoms with Gasteiger partial charge < -0.3 is 10.1 Å². The number of urea groups is 1. The van der Waals surface area contributed by atoms with Gasteiger partial charge in [-0.2, -0.15) is 13.9 Å². The maximum absolute atomic E-state index is 13.4. The first-order valence-corrected chi connectivity index (χ1v) is 10.00. The van der Waals surface area contributed by atoms with E-state index < -0.39 is 12.6 Å². The van der Waals surface area contributed by atoms with Crippen molar-refractivity contribution in [2.75, 3.05) is 11.9 Å². The molecule has 5 nitrogen and oxygen atoms in total. The summed E-state index contributed by atoms with van der Waals surface area (Å²) >= 11 is 5.88. The summed E-state index contributed by atoms with van der Waals surface area (Å²) in [4.78, 5) is 12.8. The number of alkyl halides is 2. The highest BCUT2D eigenvalue weighted by Gasteiger charge is 2.32. The molecule has 1 unspecified atom stereocenters. The number of nitrogens with zero attached hydrogens (tertiary/aromatic N) is 2. The van der Waals surface area contributed by atoms with E-state index in [1.165, 1.54) is 29.3 Å². The van der Waals surface area contributed by atoms with Crippen LogP contribution in [0.2, 0.25) is 5.02 Å². The Morgan fingerprint density at radius 3 is 2.31 bits per heavy atom. The molecule has 1 atom stereocenters. The van der Waals surface area contributed by atoms with Gasteiger partial charge in [0.1, 0.15) is 11.6 Å². The number of halogens is 4. The summed E-state index contributed by atoms with van der Waals surface area (Å²) in [7, 11) is 0. The highest BCUT2D eigenvalue weighted by atomic mass is 35.5. The molecule has 0 bridgehead atoms. The van der Waals surface area contributed by atoms with Crippen LogP contribution in [-0.2, 0) is 0 Å². The summed E-state index contributed by atoms with van der Waals surface area (Å²) in [6.07, 6.45) is 0. The largest absolute Gasteiger partial charge is 0.435 e. The van der Waals surface area contributed by atoms with Crippen LogP contribution in [0, 0.1) is 5.82 Å². The van der Waals surface area contributed by atoms with Crippen LogP contribution < -0.4 is 10.1 Å². The molecule has 3 aromatic rings. The van der Waals surface area contributed by atoms with Crippen molar-refractivity contribution in [3.05, 3.63) is 94.8 Å². The normalized spacial score (nSPS) is 15.6. The van der Waals surface area contributed by atoms with E-state index in [-0.39, 0.29) is 24.0 Å². The van der Waals surface area contributed by atoms with Crippen molar-refractivity contribution in [3.63, 3.8) is 0 Å². The Morgan fingerprint density at radius 2 is 1.69 bits per heavy atom. The minimum absolute atomic E-state index is 0.0121. The van der Waals surface area contributed by atoms with E-state index in [4.69, 9.17) is 11.6 Å². The summed E-state index contributed by atoms with van der Waals surface area (Å²) in [5.74, 6) is -0.706. The van der Waals surface area contributed by atoms with E-state index in [1.54, 1.807) is 48.5 Å². The number of hydrogen-bond acceptors (Lipinski definition) is 3. The summed E-state index contributed by atoms with van der Waals surface area (Å²) < 4.78 is 42.7. The monoisotopic (exact) mass is 459 g/mol. The van der Waals surface area contributed by atoms with Crippen molar-refractivity contribution in [2.45, 2.75) is 12.5 Å². The van der Waals surface area contributed by atoms with Gasteiger partial charge in [0.25, 0.3) is 0 Å². The van der Waals surface area contributed by atoms with E-state index in [2.05, 4.69) is 15.2 Å². The van der Waals surface area contributed by atoms with Gasteiger partial charge in [0.15, 0.2) is 0 Å². The predicted octanol–water partition coefficient (Wildman–Crippen LogP) is 6.12. The van der Waals surface area contributed by atoms with Crippen molar-refractivity contribution in [3.8, 4) is 5.75 Å². The highest BCUT2D eigenvalue weighted by molar-refractivity contribution is 6.30. The molecule has 4 rings (SSSR count). The van der Waals surface area contributed by atoms with Gasteiger partial charge in [0.05, 0.1) is 12.3 Å². The molecule has 0 saturated carbocycles. The number of ether oxygens (including phenoxy) is 1. The molecule has 2 amide bonds. The number of hydrazone groups is 1. The second kappa shape index (κ2) is 9.32. The maximum Gasteiger partial charge on any atom is 0.387 e. The van der Waals surface area contributed by atoms with Crippen molar-refractivity contribution < 1.29 is 22.7 Å². The van der Waals surface area contributed by atoms with E-state index in [0.29, 0.717) is 22.0 Å². The molecule has 0 aromatic heterocycles. The number of nitrogens with one attached hydrogen (secondary N) is 1. The first-order chi connectivity index (χ1) is 15.4. The molecule has 3 aromatic carbocycles. The zero-order chi connectivity index (χ0) is 22.7. The molecular formula is C23H17ClF3N3O2. The van der Waals surface area contributed by atoms with Crippen molar-refractivity contribution in [1.82, 2.24) is 5.01 Å². The molecule has 9 heteroatoms. The third-order valence-corrected chi connectivity index (χ3v) is 5.14. The van der Waals surface area contributed by atoms with Gasteiger partial charge in [0, 0.05) is 16.6 Å². The zero-order valence-corrected chi connectivity index (χ0v) is 17.3. The van der Waals surface area contributed by atoms with Crippen LogP contribution in [0.3, 0.4) is 0 Å². The van der Waals surface area contributed by atoms with E-state index in [1.807, 2.05) is 0 Å². The van der Waals surface area contributed by atoms with Crippen LogP contribution in [0.5, 0.6) is 5.75 Å². The molecule has 0 spiro atoms. The highest BCUT2D eigenvalue weighted by Crippen LogP contribution is 2.30. The number of rotatable bonds is 5. The van der Waals surface area contributed by atoms with Gasteiger partial charge in [-0.3, -0.25) is 0 Å². The molecule has 0 radical (unpaired) electrons. The number of benzene rings is 3. The number of carbonyl (C=O) groups excluding carboxylic acids is 1. The van der Waals surface area contributed by atoms with Gasteiger partial charge >= 0.3 is 12.6 Å². The molecule has 1 N–H and O–H groups in total. The average molecular weight is 460 g/mol. The smallest absolute Gasteiger partial charge is 0.387 e. The van der Waals surface area contributed by atoms with Crippen molar-refractivity contribution >= 4 is 29.0 Å². The third-order valence-electron chi connectivity index (χ3n) is 4.89. The first kappa shape index (κ1) is 21.7. The SMILES string of the molecule is O=C(Nc1ccc(Cl)cc1)N1CC(c2ccc(F)cc2)C(c2ccc(OC(F)F)cc2)=N1. The Bertz CT molecular complexity index is 1120. The lowest BCUT2D eigenvalue weighted by molar-refractivity contribution is -0.0498. The number of carbonyl (C=O) groups is 1. The Hall–Kier alpha value is -3.52. The molecule has 1 aliphatic heterocycles. The molecule has 1 heterocycles. The fraction of sp³-hybridized carbons (Fsp3) is 0.130. The minimum atomic E-state index is -2.93. The molecule has 0 saturated heterocycles. The lowest BCUT2D eigenvalue weighted by Crippen LogP contribution is -2.30. The molecule has 0 fully saturated rings. The fourth-order valence-corrected chi connectivity index (χ4v) is 3.50. The van der Waals surface area contributed by atoms with Gasteiger partial charge in [-0.25, -0.2) is 14.2 Å². The van der Waals surface area contributed by atoms with E-state index in [9.17, 15) is 18.0 Å². The third kappa shape index (κ3) is 5.03. The first-order valence-electron chi connectivity index (χ1n) is 9.62. The van der Waals surface area contributed by atoms with Gasteiger partial charge in [-0.05, 0) is 71.8 Å². The van der Waals surface area contributed by atoms with Crippen LogP contribution in [0.1, 0.15) is 17.0 Å². The molecular weight excluding hydrogens is 443 g/mol. The quantitative estimate of drug-likeness (QED) is 0.500. The average Bonchev–Trinajstić information content (AvgIpc) is 3.22. The summed E-state index contributed by atoms with van der Waals surface area (Å²) in [6.45, 7) is -2.71. The Labute approximate surface area is 187 Å². The van der Waals surface area contributed by atoms with Crippen LogP contribution in [0.4, 0.5) is 23.7 Å². The predicted molar refractivity (Wildman–Crippen MR) is 116 cm³/mol. The lowest BCUT2D eigenvalue weighted by atomic mass is 9.90. The summed E-state index contributed by atoms with van der Waals surface area (Å²) in [5, 5.41) is 9.05. The van der Waals surface area contributed by atoms with Gasteiger partial charge in [-0.15, -0.1) is 0 Å². The molecule has 0 aliphatic carbocycles. The number of amides is 2. The fourth-order valence-electron chi connectivity index (χ4n) is 3.37. The Balaban J connectivity index is 1.61. The molecule has 164 valence electrons. The van der Waals surface area contributed by atoms with E-state index in [0.717, 1.165) is 5.56 Å². The number of hydrogen-bond donors (Lipinski definition) is 1. The number of anilines is 1. The van der Waals surface area contributed by atoms with Crippen LogP contribution in [-0.4, -0.2) is 29.9 Å². The van der Waals surface area contributed by atoms with E-state index >= 15 is 0 Å². The van der Waals surface area contributed by atoms with Crippen LogP contribution >= 0.6 is 11.6 Å². The summed E-state index contributed by atoms with van der Waals surface area (Å²) in [5.41, 5.74) is 2.49.